The van der Waals surface area contributed by atoms with Gasteiger partial charge in [0.05, 0.1) is 0 Å². The third kappa shape index (κ3) is 2.66. The van der Waals surface area contributed by atoms with Gasteiger partial charge in [0, 0.05) is 11.8 Å². The van der Waals surface area contributed by atoms with E-state index in [2.05, 4.69) is 4.98 Å². The van der Waals surface area contributed by atoms with E-state index in [-0.39, 0.29) is 5.69 Å². The van der Waals surface area contributed by atoms with Crippen LogP contribution in [0, 0.1) is 0 Å². The largest absolute Gasteiger partial charge is 0.418 e. The van der Waals surface area contributed by atoms with Gasteiger partial charge in [0.15, 0.2) is 6.10 Å². The van der Waals surface area contributed by atoms with E-state index in [1.54, 1.807) is 0 Å². The lowest BCUT2D eigenvalue weighted by Crippen LogP contribution is -2.21. The molecule has 0 fully saturated rings. The lowest BCUT2D eigenvalue weighted by Gasteiger charge is -2.14. The number of pyridine rings is 1. The summed E-state index contributed by atoms with van der Waals surface area (Å²) in [5.41, 5.74) is 4.24. The van der Waals surface area contributed by atoms with Gasteiger partial charge < -0.3 is 10.8 Å². The number of alkyl halides is 3. The lowest BCUT2D eigenvalue weighted by atomic mass is 10.1. The Morgan fingerprint density at radius 3 is 2.40 bits per heavy atom. The molecule has 82 valence electrons. The first-order valence-corrected chi connectivity index (χ1v) is 3.83. The highest BCUT2D eigenvalue weighted by Gasteiger charge is 2.39. The van der Waals surface area contributed by atoms with Gasteiger partial charge in [-0.05, 0) is 6.07 Å². The maximum Gasteiger partial charge on any atom is 0.418 e. The summed E-state index contributed by atoms with van der Waals surface area (Å²) in [5, 5.41) is 8.81. The monoisotopic (exact) mass is 220 g/mol. The van der Waals surface area contributed by atoms with Crippen molar-refractivity contribution in [2.45, 2.75) is 12.3 Å². The standard InChI is InChI=1S/C8H7F3N2O2/c9-8(10,11)6(14)4-1-2-5(7(12)15)13-3-4/h1-3,6,14H,(H2,12,15). The van der Waals surface area contributed by atoms with Gasteiger partial charge in [-0.15, -0.1) is 0 Å². The molecule has 0 aliphatic rings. The van der Waals surface area contributed by atoms with Crippen LogP contribution in [0.5, 0.6) is 0 Å². The first-order chi connectivity index (χ1) is 6.82. The summed E-state index contributed by atoms with van der Waals surface area (Å²) in [5.74, 6) is -0.844. The van der Waals surface area contributed by atoms with E-state index in [9.17, 15) is 18.0 Å². The van der Waals surface area contributed by atoms with Gasteiger partial charge >= 0.3 is 6.18 Å². The Hall–Kier alpha value is -1.63. The molecule has 1 aromatic rings. The van der Waals surface area contributed by atoms with Crippen LogP contribution in [0.2, 0.25) is 0 Å². The number of nitrogens with zero attached hydrogens (tertiary/aromatic N) is 1. The van der Waals surface area contributed by atoms with Gasteiger partial charge in [-0.2, -0.15) is 13.2 Å². The van der Waals surface area contributed by atoms with Crippen LogP contribution in [0.3, 0.4) is 0 Å². The lowest BCUT2D eigenvalue weighted by molar-refractivity contribution is -0.206. The number of carbonyl (C=O) groups excluding carboxylic acids is 1. The van der Waals surface area contributed by atoms with Crippen molar-refractivity contribution in [2.24, 2.45) is 5.73 Å². The number of aromatic nitrogens is 1. The fourth-order valence-electron chi connectivity index (χ4n) is 0.902. The van der Waals surface area contributed by atoms with Crippen LogP contribution in [-0.2, 0) is 0 Å². The number of hydrogen-bond donors (Lipinski definition) is 2. The molecule has 0 aliphatic carbocycles. The Labute approximate surface area is 82.5 Å². The second kappa shape index (κ2) is 3.85. The number of aliphatic hydroxyl groups is 1. The minimum absolute atomic E-state index is 0.159. The van der Waals surface area contributed by atoms with Crippen LogP contribution in [0.4, 0.5) is 13.2 Å². The van der Waals surface area contributed by atoms with Gasteiger partial charge in [0.25, 0.3) is 5.91 Å². The van der Waals surface area contributed by atoms with Crippen LogP contribution in [0.1, 0.15) is 22.2 Å². The highest BCUT2D eigenvalue weighted by Crippen LogP contribution is 2.31. The molecule has 0 bridgehead atoms. The first kappa shape index (κ1) is 11.4. The summed E-state index contributed by atoms with van der Waals surface area (Å²) in [4.78, 5) is 13.9. The normalized spacial score (nSPS) is 13.6. The van der Waals surface area contributed by atoms with Crippen molar-refractivity contribution in [1.29, 1.82) is 0 Å². The summed E-state index contributed by atoms with van der Waals surface area (Å²) >= 11 is 0. The fraction of sp³-hybridized carbons (Fsp3) is 0.250. The maximum absolute atomic E-state index is 12.0. The average molecular weight is 220 g/mol. The zero-order chi connectivity index (χ0) is 11.6. The number of amides is 1. The van der Waals surface area contributed by atoms with Gasteiger partial charge in [-0.3, -0.25) is 9.78 Å². The van der Waals surface area contributed by atoms with Crippen LogP contribution >= 0.6 is 0 Å². The molecule has 3 N–H and O–H groups in total. The molecule has 1 heterocycles. The molecule has 15 heavy (non-hydrogen) atoms. The quantitative estimate of drug-likeness (QED) is 0.773. The molecule has 0 spiro atoms. The Kier molecular flexibility index (Phi) is 2.94. The Morgan fingerprint density at radius 1 is 1.47 bits per heavy atom. The van der Waals surface area contributed by atoms with E-state index < -0.39 is 23.8 Å². The molecule has 1 rings (SSSR count). The number of nitrogens with two attached hydrogens (primary N) is 1. The molecular formula is C8H7F3N2O2. The molecule has 0 aliphatic heterocycles. The minimum atomic E-state index is -4.75. The summed E-state index contributed by atoms with van der Waals surface area (Å²) < 4.78 is 36.1. The Balaban J connectivity index is 2.94. The van der Waals surface area contributed by atoms with E-state index in [4.69, 9.17) is 10.8 Å². The van der Waals surface area contributed by atoms with Crippen molar-refractivity contribution in [3.63, 3.8) is 0 Å². The molecule has 0 saturated carbocycles. The first-order valence-electron chi connectivity index (χ1n) is 3.83. The summed E-state index contributed by atoms with van der Waals surface area (Å²) in [7, 11) is 0. The molecule has 7 heteroatoms. The van der Waals surface area contributed by atoms with Crippen molar-refractivity contribution >= 4 is 5.91 Å². The Bertz CT molecular complexity index is 361. The van der Waals surface area contributed by atoms with Crippen molar-refractivity contribution in [3.8, 4) is 0 Å². The highest BCUT2D eigenvalue weighted by molar-refractivity contribution is 5.90. The minimum Gasteiger partial charge on any atom is -0.379 e. The molecule has 0 aromatic carbocycles. The fourth-order valence-corrected chi connectivity index (χ4v) is 0.902. The number of hydrogen-bond acceptors (Lipinski definition) is 3. The van der Waals surface area contributed by atoms with E-state index >= 15 is 0 Å². The number of aliphatic hydroxyl groups excluding tert-OH is 1. The maximum atomic E-state index is 12.0. The predicted octanol–water partition coefficient (Wildman–Crippen LogP) is 0.776. The summed E-state index contributed by atoms with van der Waals surface area (Å²) in [6, 6.07) is 1.97. The van der Waals surface area contributed by atoms with E-state index in [1.807, 2.05) is 0 Å². The van der Waals surface area contributed by atoms with Crippen LogP contribution in [0.25, 0.3) is 0 Å². The van der Waals surface area contributed by atoms with Crippen molar-refractivity contribution in [2.75, 3.05) is 0 Å². The van der Waals surface area contributed by atoms with E-state index in [1.165, 1.54) is 0 Å². The van der Waals surface area contributed by atoms with Crippen LogP contribution in [-0.4, -0.2) is 22.2 Å². The van der Waals surface area contributed by atoms with Gasteiger partial charge in [-0.1, -0.05) is 6.07 Å². The molecule has 1 atom stereocenters. The summed E-state index contributed by atoms with van der Waals surface area (Å²) in [6.45, 7) is 0. The van der Waals surface area contributed by atoms with Crippen molar-refractivity contribution in [3.05, 3.63) is 29.6 Å². The average Bonchev–Trinajstić information content (AvgIpc) is 2.15. The molecule has 1 unspecified atom stereocenters. The molecular weight excluding hydrogens is 213 g/mol. The molecule has 0 radical (unpaired) electrons. The zero-order valence-corrected chi connectivity index (χ0v) is 7.32. The number of primary amides is 1. The Morgan fingerprint density at radius 2 is 2.07 bits per heavy atom. The molecule has 0 saturated heterocycles. The van der Waals surface area contributed by atoms with E-state index in [0.29, 0.717) is 0 Å². The van der Waals surface area contributed by atoms with Gasteiger partial charge in [0.2, 0.25) is 0 Å². The topological polar surface area (TPSA) is 76.2 Å². The SMILES string of the molecule is NC(=O)c1ccc(C(O)C(F)(F)F)cn1. The second-order valence-corrected chi connectivity index (χ2v) is 2.79. The predicted molar refractivity (Wildman–Crippen MR) is 43.8 cm³/mol. The second-order valence-electron chi connectivity index (χ2n) is 2.79. The van der Waals surface area contributed by atoms with Gasteiger partial charge in [0.1, 0.15) is 5.69 Å². The smallest absolute Gasteiger partial charge is 0.379 e. The van der Waals surface area contributed by atoms with Crippen molar-refractivity contribution in [1.82, 2.24) is 4.98 Å². The molecule has 1 aromatic heterocycles. The highest BCUT2D eigenvalue weighted by atomic mass is 19.4. The van der Waals surface area contributed by atoms with Gasteiger partial charge in [-0.25, -0.2) is 0 Å². The zero-order valence-electron chi connectivity index (χ0n) is 7.32. The molecule has 4 nitrogen and oxygen atoms in total. The van der Waals surface area contributed by atoms with Crippen LogP contribution < -0.4 is 5.73 Å². The number of rotatable bonds is 2. The van der Waals surface area contributed by atoms with Crippen molar-refractivity contribution < 1.29 is 23.1 Å². The number of halogens is 3. The van der Waals surface area contributed by atoms with Crippen LogP contribution in [0.15, 0.2) is 18.3 Å². The third-order valence-corrected chi connectivity index (χ3v) is 1.66. The summed E-state index contributed by atoms with van der Waals surface area (Å²) in [6.07, 6.45) is -6.60. The molecule has 1 amide bonds. The third-order valence-electron chi connectivity index (χ3n) is 1.66. The van der Waals surface area contributed by atoms with E-state index in [0.717, 1.165) is 18.3 Å². The number of carbonyl (C=O) groups is 1.